The predicted molar refractivity (Wildman–Crippen MR) is 78.9 cm³/mol. The fourth-order valence-electron chi connectivity index (χ4n) is 2.60. The van der Waals surface area contributed by atoms with Crippen molar-refractivity contribution in [1.82, 2.24) is 4.90 Å². The average Bonchev–Trinajstić information content (AvgIpc) is 3.08. The smallest absolute Gasteiger partial charge is 0.0378 e. The number of benzene rings is 1. The van der Waals surface area contributed by atoms with Gasteiger partial charge in [0.15, 0.2) is 0 Å². The van der Waals surface area contributed by atoms with Crippen LogP contribution in [0.1, 0.15) is 12.8 Å². The van der Waals surface area contributed by atoms with Crippen LogP contribution in [-0.4, -0.2) is 43.2 Å². The molecule has 0 radical (unpaired) electrons. The fourth-order valence-corrected chi connectivity index (χ4v) is 2.99. The average molecular weight is 310 g/mol. The first-order valence-corrected chi connectivity index (χ1v) is 7.46. The van der Waals surface area contributed by atoms with E-state index in [4.69, 9.17) is 5.73 Å². The molecule has 3 nitrogen and oxygen atoms in total. The second-order valence-corrected chi connectivity index (χ2v) is 6.52. The van der Waals surface area contributed by atoms with Gasteiger partial charge in [0.25, 0.3) is 0 Å². The zero-order valence-corrected chi connectivity index (χ0v) is 12.2. The molecule has 1 aromatic rings. The Hall–Kier alpha value is -0.580. The van der Waals surface area contributed by atoms with Crippen LogP contribution in [0.4, 0.5) is 5.69 Å². The van der Waals surface area contributed by atoms with Crippen molar-refractivity contribution in [1.29, 1.82) is 0 Å². The van der Waals surface area contributed by atoms with Gasteiger partial charge in [0, 0.05) is 48.4 Å². The largest absolute Gasteiger partial charge is 0.369 e. The van der Waals surface area contributed by atoms with Crippen LogP contribution in [0.25, 0.3) is 0 Å². The van der Waals surface area contributed by atoms with Crippen molar-refractivity contribution < 1.29 is 0 Å². The van der Waals surface area contributed by atoms with Crippen LogP contribution in [0.3, 0.4) is 0 Å². The Bertz CT molecular complexity index is 423. The molecule has 18 heavy (non-hydrogen) atoms. The summed E-state index contributed by atoms with van der Waals surface area (Å²) in [5.74, 6) is 0. The quantitative estimate of drug-likeness (QED) is 0.927. The Morgan fingerprint density at radius 3 is 2.50 bits per heavy atom. The topological polar surface area (TPSA) is 32.5 Å². The van der Waals surface area contributed by atoms with Gasteiger partial charge in [0.05, 0.1) is 0 Å². The molecule has 1 saturated heterocycles. The van der Waals surface area contributed by atoms with Crippen LogP contribution in [0.2, 0.25) is 0 Å². The minimum Gasteiger partial charge on any atom is -0.369 e. The van der Waals surface area contributed by atoms with E-state index in [0.29, 0.717) is 0 Å². The van der Waals surface area contributed by atoms with Gasteiger partial charge >= 0.3 is 0 Å². The van der Waals surface area contributed by atoms with Gasteiger partial charge in [-0.25, -0.2) is 0 Å². The molecule has 2 aliphatic rings. The van der Waals surface area contributed by atoms with E-state index in [1.165, 1.54) is 18.5 Å². The molecule has 1 aliphatic heterocycles. The molecule has 2 N–H and O–H groups in total. The Labute approximate surface area is 117 Å². The molecule has 1 saturated carbocycles. The first kappa shape index (κ1) is 12.5. The maximum Gasteiger partial charge on any atom is 0.0378 e. The van der Waals surface area contributed by atoms with Crippen molar-refractivity contribution in [3.8, 4) is 0 Å². The lowest BCUT2D eigenvalue weighted by molar-refractivity contribution is 0.236. The third kappa shape index (κ3) is 2.87. The van der Waals surface area contributed by atoms with Crippen LogP contribution >= 0.6 is 15.9 Å². The van der Waals surface area contributed by atoms with Gasteiger partial charge in [0.2, 0.25) is 0 Å². The predicted octanol–water partition coefficient (Wildman–Crippen LogP) is 2.06. The van der Waals surface area contributed by atoms with E-state index in [1.807, 2.05) is 0 Å². The molecule has 0 spiro atoms. The minimum absolute atomic E-state index is 0.151. The highest BCUT2D eigenvalue weighted by atomic mass is 79.9. The number of anilines is 1. The number of hydrogen-bond acceptors (Lipinski definition) is 3. The van der Waals surface area contributed by atoms with Crippen LogP contribution < -0.4 is 10.6 Å². The molecule has 1 aliphatic carbocycles. The molecule has 1 aromatic carbocycles. The van der Waals surface area contributed by atoms with E-state index < -0.39 is 0 Å². The molecular weight excluding hydrogens is 290 g/mol. The van der Waals surface area contributed by atoms with E-state index in [9.17, 15) is 0 Å². The van der Waals surface area contributed by atoms with Gasteiger partial charge < -0.3 is 10.6 Å². The Morgan fingerprint density at radius 1 is 1.17 bits per heavy atom. The third-order valence-corrected chi connectivity index (χ3v) is 4.47. The SMILES string of the molecule is NC1(CN2CCN(c3cccc(Br)c3)CC2)CC1. The highest BCUT2D eigenvalue weighted by Gasteiger charge is 2.40. The second-order valence-electron chi connectivity index (χ2n) is 5.61. The van der Waals surface area contributed by atoms with E-state index in [0.717, 1.165) is 37.2 Å². The van der Waals surface area contributed by atoms with Crippen LogP contribution in [0.5, 0.6) is 0 Å². The van der Waals surface area contributed by atoms with E-state index in [2.05, 4.69) is 50.0 Å². The summed E-state index contributed by atoms with van der Waals surface area (Å²) in [5, 5.41) is 0. The molecule has 3 rings (SSSR count). The summed E-state index contributed by atoms with van der Waals surface area (Å²) >= 11 is 3.54. The first-order valence-electron chi connectivity index (χ1n) is 6.66. The molecule has 0 amide bonds. The van der Waals surface area contributed by atoms with Crippen LogP contribution in [-0.2, 0) is 0 Å². The maximum absolute atomic E-state index is 6.18. The number of nitrogens with zero attached hydrogens (tertiary/aromatic N) is 2. The lowest BCUT2D eigenvalue weighted by atomic mass is 10.2. The highest BCUT2D eigenvalue weighted by molar-refractivity contribution is 9.10. The second kappa shape index (κ2) is 4.83. The number of hydrogen-bond donors (Lipinski definition) is 1. The van der Waals surface area contributed by atoms with Crippen LogP contribution in [0.15, 0.2) is 28.7 Å². The van der Waals surface area contributed by atoms with E-state index >= 15 is 0 Å². The van der Waals surface area contributed by atoms with E-state index in [-0.39, 0.29) is 5.54 Å². The van der Waals surface area contributed by atoms with Crippen molar-refractivity contribution >= 4 is 21.6 Å². The summed E-state index contributed by atoms with van der Waals surface area (Å²) in [5.41, 5.74) is 7.65. The van der Waals surface area contributed by atoms with Gasteiger partial charge in [-0.3, -0.25) is 4.90 Å². The van der Waals surface area contributed by atoms with Gasteiger partial charge in [0.1, 0.15) is 0 Å². The lowest BCUT2D eigenvalue weighted by Gasteiger charge is -2.37. The Balaban J connectivity index is 1.56. The molecule has 4 heteroatoms. The minimum atomic E-state index is 0.151. The lowest BCUT2D eigenvalue weighted by Crippen LogP contribution is -2.50. The molecule has 0 unspecified atom stereocenters. The van der Waals surface area contributed by atoms with Gasteiger partial charge in [-0.1, -0.05) is 22.0 Å². The Morgan fingerprint density at radius 2 is 1.89 bits per heavy atom. The maximum atomic E-state index is 6.18. The molecule has 2 fully saturated rings. The van der Waals surface area contributed by atoms with Gasteiger partial charge in [-0.05, 0) is 31.0 Å². The van der Waals surface area contributed by atoms with Crippen LogP contribution in [0, 0.1) is 0 Å². The summed E-state index contributed by atoms with van der Waals surface area (Å²) in [7, 11) is 0. The van der Waals surface area contributed by atoms with Gasteiger partial charge in [-0.15, -0.1) is 0 Å². The fraction of sp³-hybridized carbons (Fsp3) is 0.571. The first-order chi connectivity index (χ1) is 8.65. The molecule has 0 bridgehead atoms. The highest BCUT2D eigenvalue weighted by Crippen LogP contribution is 2.33. The normalized spacial score (nSPS) is 23.1. The number of nitrogens with two attached hydrogens (primary N) is 1. The van der Waals surface area contributed by atoms with Crippen molar-refractivity contribution in [3.63, 3.8) is 0 Å². The summed E-state index contributed by atoms with van der Waals surface area (Å²) in [4.78, 5) is 4.97. The Kier molecular flexibility index (Phi) is 3.34. The summed E-state index contributed by atoms with van der Waals surface area (Å²) < 4.78 is 1.15. The third-order valence-electron chi connectivity index (χ3n) is 3.98. The summed E-state index contributed by atoms with van der Waals surface area (Å²) in [6.45, 7) is 5.55. The van der Waals surface area contributed by atoms with E-state index in [1.54, 1.807) is 0 Å². The van der Waals surface area contributed by atoms with Crippen molar-refractivity contribution in [2.45, 2.75) is 18.4 Å². The summed E-state index contributed by atoms with van der Waals surface area (Å²) in [6, 6.07) is 8.56. The number of piperazine rings is 1. The number of rotatable bonds is 3. The molecule has 0 aromatic heterocycles. The zero-order chi connectivity index (χ0) is 12.6. The van der Waals surface area contributed by atoms with Crippen molar-refractivity contribution in [3.05, 3.63) is 28.7 Å². The molecular formula is C14H20BrN3. The van der Waals surface area contributed by atoms with Crippen molar-refractivity contribution in [2.75, 3.05) is 37.6 Å². The zero-order valence-electron chi connectivity index (χ0n) is 10.6. The van der Waals surface area contributed by atoms with Crippen molar-refractivity contribution in [2.24, 2.45) is 5.73 Å². The molecule has 1 heterocycles. The number of halogens is 1. The summed E-state index contributed by atoms with van der Waals surface area (Å²) in [6.07, 6.45) is 2.41. The molecule has 0 atom stereocenters. The molecule has 98 valence electrons. The standard InChI is InChI=1S/C14H20BrN3/c15-12-2-1-3-13(10-12)18-8-6-17(7-9-18)11-14(16)4-5-14/h1-3,10H,4-9,11,16H2. The van der Waals surface area contributed by atoms with Gasteiger partial charge in [-0.2, -0.15) is 0 Å². The monoisotopic (exact) mass is 309 g/mol.